The van der Waals surface area contributed by atoms with Crippen LogP contribution in [0.3, 0.4) is 0 Å². The fraction of sp³-hybridized carbons (Fsp3) is 0.538. The van der Waals surface area contributed by atoms with Crippen LogP contribution in [0.25, 0.3) is 0 Å². The van der Waals surface area contributed by atoms with E-state index in [4.69, 9.17) is 21.1 Å². The number of hydrogen-bond donors (Lipinski definition) is 1. The molecule has 2 rings (SSSR count). The van der Waals surface area contributed by atoms with Crippen molar-refractivity contribution in [3.05, 3.63) is 17.2 Å². The molecular formula is C13H19ClN2O2. The summed E-state index contributed by atoms with van der Waals surface area (Å²) in [5.74, 6) is 1.44. The molecule has 0 aromatic heterocycles. The van der Waals surface area contributed by atoms with Crippen molar-refractivity contribution in [3.8, 4) is 11.5 Å². The molecule has 0 saturated carbocycles. The van der Waals surface area contributed by atoms with Gasteiger partial charge in [-0.3, -0.25) is 0 Å². The van der Waals surface area contributed by atoms with Crippen LogP contribution in [-0.2, 0) is 0 Å². The molecule has 0 amide bonds. The van der Waals surface area contributed by atoms with Crippen LogP contribution in [0.2, 0.25) is 5.02 Å². The normalized spacial score (nSPS) is 19.1. The van der Waals surface area contributed by atoms with Crippen molar-refractivity contribution >= 4 is 17.3 Å². The Morgan fingerprint density at radius 2 is 2.00 bits per heavy atom. The Labute approximate surface area is 113 Å². The predicted octanol–water partition coefficient (Wildman–Crippen LogP) is 2.16. The summed E-state index contributed by atoms with van der Waals surface area (Å²) in [5.41, 5.74) is 1.03. The molecule has 1 heterocycles. The second-order valence-electron chi connectivity index (χ2n) is 4.38. The molecule has 5 heteroatoms. The molecule has 0 aliphatic carbocycles. The summed E-state index contributed by atoms with van der Waals surface area (Å²) >= 11 is 6.18. The first-order valence-electron chi connectivity index (χ1n) is 6.03. The van der Waals surface area contributed by atoms with Crippen LogP contribution in [0.4, 0.5) is 5.69 Å². The van der Waals surface area contributed by atoms with Crippen LogP contribution in [0.5, 0.6) is 11.5 Å². The van der Waals surface area contributed by atoms with Crippen LogP contribution in [0.1, 0.15) is 6.42 Å². The lowest BCUT2D eigenvalue weighted by atomic mass is 10.2. The number of anilines is 1. The summed E-state index contributed by atoms with van der Waals surface area (Å²) in [4.78, 5) is 2.28. The molecule has 100 valence electrons. The fourth-order valence-corrected chi connectivity index (χ4v) is 2.54. The highest BCUT2D eigenvalue weighted by Gasteiger charge is 2.24. The third-order valence-electron chi connectivity index (χ3n) is 3.39. The lowest BCUT2D eigenvalue weighted by Gasteiger charge is -2.22. The Morgan fingerprint density at radius 1 is 1.28 bits per heavy atom. The van der Waals surface area contributed by atoms with Gasteiger partial charge in [0.1, 0.15) is 11.5 Å². The molecule has 0 bridgehead atoms. The molecule has 0 radical (unpaired) electrons. The van der Waals surface area contributed by atoms with Crippen molar-refractivity contribution in [2.75, 3.05) is 39.3 Å². The van der Waals surface area contributed by atoms with Gasteiger partial charge in [-0.1, -0.05) is 11.6 Å². The molecule has 1 atom stereocenters. The van der Waals surface area contributed by atoms with E-state index in [2.05, 4.69) is 10.2 Å². The Kier molecular flexibility index (Phi) is 4.19. The highest BCUT2D eigenvalue weighted by atomic mass is 35.5. The molecule has 0 spiro atoms. The van der Waals surface area contributed by atoms with E-state index in [1.807, 2.05) is 19.2 Å². The van der Waals surface area contributed by atoms with Crippen molar-refractivity contribution in [2.24, 2.45) is 0 Å². The number of nitrogens with zero attached hydrogens (tertiary/aromatic N) is 1. The largest absolute Gasteiger partial charge is 0.495 e. The maximum absolute atomic E-state index is 6.18. The van der Waals surface area contributed by atoms with Crippen molar-refractivity contribution in [3.63, 3.8) is 0 Å². The molecule has 1 aromatic rings. The monoisotopic (exact) mass is 270 g/mol. The van der Waals surface area contributed by atoms with Crippen LogP contribution in [0, 0.1) is 0 Å². The van der Waals surface area contributed by atoms with Crippen LogP contribution in [0.15, 0.2) is 12.1 Å². The van der Waals surface area contributed by atoms with Gasteiger partial charge in [0.25, 0.3) is 0 Å². The molecular weight excluding hydrogens is 252 g/mol. The topological polar surface area (TPSA) is 33.7 Å². The highest BCUT2D eigenvalue weighted by Crippen LogP contribution is 2.39. The minimum atomic E-state index is 0.524. The molecule has 1 aliphatic rings. The van der Waals surface area contributed by atoms with Gasteiger partial charge in [-0.05, 0) is 19.5 Å². The first-order chi connectivity index (χ1) is 8.69. The Hall–Kier alpha value is -1.13. The minimum absolute atomic E-state index is 0.524. The molecule has 4 nitrogen and oxygen atoms in total. The van der Waals surface area contributed by atoms with Gasteiger partial charge >= 0.3 is 0 Å². The van der Waals surface area contributed by atoms with Crippen molar-refractivity contribution in [1.82, 2.24) is 5.32 Å². The van der Waals surface area contributed by atoms with Crippen LogP contribution in [-0.4, -0.2) is 40.4 Å². The number of methoxy groups -OCH3 is 2. The Balaban J connectivity index is 2.29. The molecule has 1 fully saturated rings. The molecule has 1 aliphatic heterocycles. The average molecular weight is 271 g/mol. The maximum Gasteiger partial charge on any atom is 0.145 e. The van der Waals surface area contributed by atoms with E-state index in [1.165, 1.54) is 0 Å². The van der Waals surface area contributed by atoms with Crippen molar-refractivity contribution in [1.29, 1.82) is 0 Å². The zero-order valence-electron chi connectivity index (χ0n) is 11.0. The van der Waals surface area contributed by atoms with Gasteiger partial charge < -0.3 is 19.7 Å². The second-order valence-corrected chi connectivity index (χ2v) is 4.79. The van der Waals surface area contributed by atoms with Crippen molar-refractivity contribution in [2.45, 2.75) is 12.5 Å². The number of ether oxygens (including phenoxy) is 2. The summed E-state index contributed by atoms with van der Waals surface area (Å²) in [6.45, 7) is 1.97. The van der Waals surface area contributed by atoms with E-state index < -0.39 is 0 Å². The smallest absolute Gasteiger partial charge is 0.145 e. The standard InChI is InChI=1S/C13H19ClN2O2/c1-15-9-4-5-16(8-9)11-6-10(14)12(17-2)7-13(11)18-3/h6-7,9,15H,4-5,8H2,1-3H3. The van der Waals surface area contributed by atoms with Crippen LogP contribution >= 0.6 is 11.6 Å². The Morgan fingerprint density at radius 3 is 2.56 bits per heavy atom. The number of rotatable bonds is 4. The molecule has 1 saturated heterocycles. The van der Waals surface area contributed by atoms with Crippen LogP contribution < -0.4 is 19.7 Å². The highest BCUT2D eigenvalue weighted by molar-refractivity contribution is 6.32. The maximum atomic E-state index is 6.18. The number of halogens is 1. The van der Waals surface area contributed by atoms with E-state index in [-0.39, 0.29) is 0 Å². The SMILES string of the molecule is CNC1CCN(c2cc(Cl)c(OC)cc2OC)C1. The third-order valence-corrected chi connectivity index (χ3v) is 3.69. The predicted molar refractivity (Wildman–Crippen MR) is 74.2 cm³/mol. The average Bonchev–Trinajstić information content (AvgIpc) is 2.87. The number of nitrogens with one attached hydrogen (secondary N) is 1. The summed E-state index contributed by atoms with van der Waals surface area (Å²) in [7, 11) is 5.26. The van der Waals surface area contributed by atoms with E-state index in [9.17, 15) is 0 Å². The molecule has 1 unspecified atom stereocenters. The van der Waals surface area contributed by atoms with E-state index in [0.717, 1.165) is 30.9 Å². The number of hydrogen-bond acceptors (Lipinski definition) is 4. The summed E-state index contributed by atoms with van der Waals surface area (Å²) in [5, 5.41) is 3.91. The van der Waals surface area contributed by atoms with Gasteiger partial charge in [-0.2, -0.15) is 0 Å². The first kappa shape index (κ1) is 13.3. The minimum Gasteiger partial charge on any atom is -0.495 e. The van der Waals surface area contributed by atoms with E-state index in [1.54, 1.807) is 14.2 Å². The first-order valence-corrected chi connectivity index (χ1v) is 6.41. The summed E-state index contributed by atoms with van der Waals surface area (Å²) < 4.78 is 10.6. The molecule has 1 N–H and O–H groups in total. The van der Waals surface area contributed by atoms with Gasteiger partial charge in [0.05, 0.1) is 24.9 Å². The second kappa shape index (κ2) is 5.67. The van der Waals surface area contributed by atoms with Gasteiger partial charge in [-0.25, -0.2) is 0 Å². The zero-order valence-corrected chi connectivity index (χ0v) is 11.8. The lowest BCUT2D eigenvalue weighted by Crippen LogP contribution is -2.29. The lowest BCUT2D eigenvalue weighted by molar-refractivity contribution is 0.394. The van der Waals surface area contributed by atoms with E-state index >= 15 is 0 Å². The van der Waals surface area contributed by atoms with E-state index in [0.29, 0.717) is 16.8 Å². The third kappa shape index (κ3) is 2.49. The van der Waals surface area contributed by atoms with Gasteiger partial charge in [0.15, 0.2) is 0 Å². The van der Waals surface area contributed by atoms with Gasteiger partial charge in [0.2, 0.25) is 0 Å². The summed E-state index contributed by atoms with van der Waals surface area (Å²) in [6.07, 6.45) is 1.13. The fourth-order valence-electron chi connectivity index (χ4n) is 2.31. The van der Waals surface area contributed by atoms with Gasteiger partial charge in [0, 0.05) is 25.2 Å². The zero-order chi connectivity index (χ0) is 13.1. The Bertz CT molecular complexity index is 426. The van der Waals surface area contributed by atoms with Gasteiger partial charge in [-0.15, -0.1) is 0 Å². The quantitative estimate of drug-likeness (QED) is 0.909. The number of likely N-dealkylation sites (N-methyl/N-ethyl adjacent to an activating group) is 1. The molecule has 1 aromatic carbocycles. The molecule has 18 heavy (non-hydrogen) atoms. The summed E-state index contributed by atoms with van der Waals surface area (Å²) in [6, 6.07) is 4.28. The number of benzene rings is 1. The van der Waals surface area contributed by atoms with Crippen molar-refractivity contribution < 1.29 is 9.47 Å².